The molecule has 1 heterocycles. The lowest BCUT2D eigenvalue weighted by molar-refractivity contribution is 0.0762. The molecule has 0 saturated carbocycles. The Kier molecular flexibility index (Phi) is 5.89. The Morgan fingerprint density at radius 1 is 0.846 bits per heavy atom. The van der Waals surface area contributed by atoms with E-state index < -0.39 is 0 Å². The van der Waals surface area contributed by atoms with Crippen molar-refractivity contribution in [1.82, 2.24) is 15.1 Å². The number of rotatable bonds is 3. The highest BCUT2D eigenvalue weighted by molar-refractivity contribution is 5.94. The van der Waals surface area contributed by atoms with Crippen molar-refractivity contribution in [3.8, 4) is 0 Å². The smallest absolute Gasteiger partial charge is 0.317 e. The van der Waals surface area contributed by atoms with Crippen LogP contribution in [0.3, 0.4) is 0 Å². The molecule has 5 nitrogen and oxygen atoms in total. The van der Waals surface area contributed by atoms with E-state index >= 15 is 0 Å². The number of hydrogen-bond donors (Lipinski definition) is 1. The highest BCUT2D eigenvalue weighted by Crippen LogP contribution is 2.13. The highest BCUT2D eigenvalue weighted by atomic mass is 16.2. The van der Waals surface area contributed by atoms with E-state index in [0.29, 0.717) is 31.7 Å². The SMILES string of the molecule is C[C@@H](NC(=O)N1CCCN(C(=O)c2ccccc2)CC1)c1ccccc1. The molecule has 0 unspecified atom stereocenters. The molecule has 26 heavy (non-hydrogen) atoms. The zero-order valence-corrected chi connectivity index (χ0v) is 15.1. The van der Waals surface area contributed by atoms with E-state index in [1.807, 2.05) is 72.5 Å². The summed E-state index contributed by atoms with van der Waals surface area (Å²) in [6.07, 6.45) is 0.783. The lowest BCUT2D eigenvalue weighted by Crippen LogP contribution is -2.43. The molecule has 0 aromatic heterocycles. The molecule has 0 spiro atoms. The minimum atomic E-state index is -0.0737. The van der Waals surface area contributed by atoms with Crippen LogP contribution in [0.2, 0.25) is 0 Å². The van der Waals surface area contributed by atoms with Gasteiger partial charge in [0.2, 0.25) is 0 Å². The first kappa shape index (κ1) is 18.0. The maximum atomic E-state index is 12.6. The molecule has 1 fully saturated rings. The summed E-state index contributed by atoms with van der Waals surface area (Å²) in [5.41, 5.74) is 1.78. The van der Waals surface area contributed by atoms with E-state index in [2.05, 4.69) is 5.32 Å². The predicted molar refractivity (Wildman–Crippen MR) is 102 cm³/mol. The monoisotopic (exact) mass is 351 g/mol. The number of urea groups is 1. The van der Waals surface area contributed by atoms with Crippen LogP contribution in [-0.2, 0) is 0 Å². The predicted octanol–water partition coefficient (Wildman–Crippen LogP) is 3.31. The van der Waals surface area contributed by atoms with Crippen LogP contribution < -0.4 is 5.32 Å². The second-order valence-corrected chi connectivity index (χ2v) is 6.58. The van der Waals surface area contributed by atoms with Crippen molar-refractivity contribution in [2.75, 3.05) is 26.2 Å². The third-order valence-electron chi connectivity index (χ3n) is 4.73. The van der Waals surface area contributed by atoms with E-state index in [4.69, 9.17) is 0 Å². The first-order valence-corrected chi connectivity index (χ1v) is 9.10. The molecule has 136 valence electrons. The van der Waals surface area contributed by atoms with Crippen molar-refractivity contribution in [1.29, 1.82) is 0 Å². The lowest BCUT2D eigenvalue weighted by Gasteiger charge is -2.24. The zero-order valence-electron chi connectivity index (χ0n) is 15.1. The molecule has 3 amide bonds. The number of nitrogens with one attached hydrogen (secondary N) is 1. The van der Waals surface area contributed by atoms with Gasteiger partial charge in [-0.25, -0.2) is 4.79 Å². The van der Waals surface area contributed by atoms with Crippen molar-refractivity contribution in [3.05, 3.63) is 71.8 Å². The molecule has 1 atom stereocenters. The number of hydrogen-bond acceptors (Lipinski definition) is 2. The maximum Gasteiger partial charge on any atom is 0.317 e. The topological polar surface area (TPSA) is 52.7 Å². The Morgan fingerprint density at radius 2 is 1.42 bits per heavy atom. The first-order chi connectivity index (χ1) is 12.6. The minimum Gasteiger partial charge on any atom is -0.337 e. The summed E-state index contributed by atoms with van der Waals surface area (Å²) in [5, 5.41) is 3.05. The van der Waals surface area contributed by atoms with Gasteiger partial charge in [0, 0.05) is 31.7 Å². The van der Waals surface area contributed by atoms with Crippen LogP contribution in [0, 0.1) is 0 Å². The zero-order chi connectivity index (χ0) is 18.4. The highest BCUT2D eigenvalue weighted by Gasteiger charge is 2.23. The molecular formula is C21H25N3O2. The summed E-state index contributed by atoms with van der Waals surface area (Å²) in [6, 6.07) is 19.1. The van der Waals surface area contributed by atoms with Crippen molar-refractivity contribution in [3.63, 3.8) is 0 Å². The van der Waals surface area contributed by atoms with Crippen molar-refractivity contribution in [2.24, 2.45) is 0 Å². The van der Waals surface area contributed by atoms with Crippen LogP contribution >= 0.6 is 0 Å². The van der Waals surface area contributed by atoms with Crippen molar-refractivity contribution in [2.45, 2.75) is 19.4 Å². The van der Waals surface area contributed by atoms with Gasteiger partial charge in [0.1, 0.15) is 0 Å². The number of carbonyl (C=O) groups excluding carboxylic acids is 2. The molecule has 2 aromatic carbocycles. The number of benzene rings is 2. The van der Waals surface area contributed by atoms with Gasteiger partial charge in [0.15, 0.2) is 0 Å². The summed E-state index contributed by atoms with van der Waals surface area (Å²) in [5.74, 6) is 0.0329. The molecule has 0 aliphatic carbocycles. The van der Waals surface area contributed by atoms with Crippen LogP contribution in [0.5, 0.6) is 0 Å². The van der Waals surface area contributed by atoms with Crippen molar-refractivity contribution >= 4 is 11.9 Å². The van der Waals surface area contributed by atoms with Crippen LogP contribution in [0.15, 0.2) is 60.7 Å². The van der Waals surface area contributed by atoms with Crippen molar-refractivity contribution < 1.29 is 9.59 Å². The molecule has 1 N–H and O–H groups in total. The normalized spacial score (nSPS) is 15.9. The third-order valence-corrected chi connectivity index (χ3v) is 4.73. The second-order valence-electron chi connectivity index (χ2n) is 6.58. The summed E-state index contributed by atoms with van der Waals surface area (Å²) in [7, 11) is 0. The Morgan fingerprint density at radius 3 is 2.12 bits per heavy atom. The number of nitrogens with zero attached hydrogens (tertiary/aromatic N) is 2. The maximum absolute atomic E-state index is 12.6. The van der Waals surface area contributed by atoms with Crippen LogP contribution in [0.25, 0.3) is 0 Å². The summed E-state index contributed by atoms with van der Waals surface area (Å²) in [4.78, 5) is 28.8. The molecule has 2 aromatic rings. The quantitative estimate of drug-likeness (QED) is 0.922. The standard InChI is InChI=1S/C21H25N3O2/c1-17(18-9-4-2-5-10-18)22-21(26)24-14-8-13-23(15-16-24)20(25)19-11-6-3-7-12-19/h2-7,9-12,17H,8,13-16H2,1H3,(H,22,26)/t17-/m1/s1. The molecule has 3 rings (SSSR count). The average Bonchev–Trinajstić information content (AvgIpc) is 2.95. The molecule has 0 radical (unpaired) electrons. The fourth-order valence-corrected chi connectivity index (χ4v) is 3.19. The van der Waals surface area contributed by atoms with E-state index in [0.717, 1.165) is 12.0 Å². The van der Waals surface area contributed by atoms with Crippen LogP contribution in [-0.4, -0.2) is 47.9 Å². The molecule has 0 bridgehead atoms. The van der Waals surface area contributed by atoms with Gasteiger partial charge in [-0.3, -0.25) is 4.79 Å². The Labute approximate surface area is 154 Å². The van der Waals surface area contributed by atoms with Gasteiger partial charge < -0.3 is 15.1 Å². The Balaban J connectivity index is 1.56. The van der Waals surface area contributed by atoms with E-state index in [1.54, 1.807) is 4.90 Å². The summed E-state index contributed by atoms with van der Waals surface area (Å²) < 4.78 is 0. The van der Waals surface area contributed by atoms with Gasteiger partial charge in [-0.2, -0.15) is 0 Å². The van der Waals surface area contributed by atoms with Gasteiger partial charge >= 0.3 is 6.03 Å². The molecule has 1 saturated heterocycles. The van der Waals surface area contributed by atoms with E-state index in [1.165, 1.54) is 0 Å². The van der Waals surface area contributed by atoms with Crippen LogP contribution in [0.4, 0.5) is 4.79 Å². The van der Waals surface area contributed by atoms with E-state index in [-0.39, 0.29) is 18.0 Å². The molecule has 1 aliphatic heterocycles. The lowest BCUT2D eigenvalue weighted by atomic mass is 10.1. The minimum absolute atomic E-state index is 0.0329. The first-order valence-electron chi connectivity index (χ1n) is 9.10. The Bertz CT molecular complexity index is 733. The Hall–Kier alpha value is -2.82. The molecule has 5 heteroatoms. The largest absolute Gasteiger partial charge is 0.337 e. The van der Waals surface area contributed by atoms with Crippen LogP contribution in [0.1, 0.15) is 35.3 Å². The van der Waals surface area contributed by atoms with Gasteiger partial charge in [-0.15, -0.1) is 0 Å². The summed E-state index contributed by atoms with van der Waals surface area (Å²) >= 11 is 0. The van der Waals surface area contributed by atoms with Gasteiger partial charge in [0.25, 0.3) is 5.91 Å². The summed E-state index contributed by atoms with van der Waals surface area (Å²) in [6.45, 7) is 4.42. The molecular weight excluding hydrogens is 326 g/mol. The van der Waals surface area contributed by atoms with Gasteiger partial charge in [0.05, 0.1) is 6.04 Å². The molecule has 1 aliphatic rings. The fraction of sp³-hybridized carbons (Fsp3) is 0.333. The number of carbonyl (C=O) groups is 2. The van der Waals surface area contributed by atoms with E-state index in [9.17, 15) is 9.59 Å². The second kappa shape index (κ2) is 8.52. The number of amides is 3. The van der Waals surface area contributed by atoms with Gasteiger partial charge in [-0.1, -0.05) is 48.5 Å². The van der Waals surface area contributed by atoms with Gasteiger partial charge in [-0.05, 0) is 31.0 Å². The fourth-order valence-electron chi connectivity index (χ4n) is 3.19. The average molecular weight is 351 g/mol. The third kappa shape index (κ3) is 4.42.